The number of fused-ring (bicyclic) bond motifs is 4. The van der Waals surface area contributed by atoms with Gasteiger partial charge in [0.2, 0.25) is 12.5 Å². The number of rotatable bonds is 5. The summed E-state index contributed by atoms with van der Waals surface area (Å²) in [4.78, 5) is 18.7. The highest BCUT2D eigenvalue weighted by atomic mass is 16.7. The van der Waals surface area contributed by atoms with Gasteiger partial charge >= 0.3 is 5.97 Å². The molecule has 3 aliphatic rings. The van der Waals surface area contributed by atoms with Crippen LogP contribution in [0.1, 0.15) is 39.2 Å². The van der Waals surface area contributed by atoms with Crippen LogP contribution in [0.15, 0.2) is 42.6 Å². The van der Waals surface area contributed by atoms with Crippen molar-refractivity contribution in [3.8, 4) is 39.9 Å². The van der Waals surface area contributed by atoms with E-state index in [4.69, 9.17) is 28.4 Å². The molecule has 1 N–H and O–H groups in total. The number of aromatic amines is 1. The summed E-state index contributed by atoms with van der Waals surface area (Å²) in [5.41, 5.74) is 6.24. The molecule has 0 spiro atoms. The molecule has 3 aliphatic heterocycles. The highest BCUT2D eigenvalue weighted by Gasteiger charge is 2.47. The number of benzene rings is 3. The molecule has 0 saturated heterocycles. The van der Waals surface area contributed by atoms with Gasteiger partial charge in [0, 0.05) is 34.9 Å². The molecule has 0 unspecified atom stereocenters. The highest BCUT2D eigenvalue weighted by molar-refractivity contribution is 5.98. The summed E-state index contributed by atoms with van der Waals surface area (Å²) in [7, 11) is 6.75. The van der Waals surface area contributed by atoms with E-state index in [-0.39, 0.29) is 12.8 Å². The van der Waals surface area contributed by atoms with Crippen molar-refractivity contribution in [2.75, 3.05) is 41.7 Å². The molecule has 2 atom stereocenters. The van der Waals surface area contributed by atoms with E-state index in [2.05, 4.69) is 34.1 Å². The Labute approximate surface area is 225 Å². The lowest BCUT2D eigenvalue weighted by atomic mass is 9.81. The van der Waals surface area contributed by atoms with Gasteiger partial charge in [0.15, 0.2) is 23.0 Å². The van der Waals surface area contributed by atoms with Gasteiger partial charge in [0.1, 0.15) is 11.7 Å². The van der Waals surface area contributed by atoms with Crippen LogP contribution in [0.4, 0.5) is 0 Å². The second kappa shape index (κ2) is 8.84. The van der Waals surface area contributed by atoms with Crippen molar-refractivity contribution in [1.29, 1.82) is 0 Å². The van der Waals surface area contributed by atoms with Crippen LogP contribution in [0.25, 0.3) is 22.0 Å². The van der Waals surface area contributed by atoms with Crippen LogP contribution < -0.4 is 23.7 Å². The third kappa shape index (κ3) is 3.32. The van der Waals surface area contributed by atoms with Gasteiger partial charge < -0.3 is 33.4 Å². The van der Waals surface area contributed by atoms with Crippen LogP contribution in [-0.2, 0) is 11.2 Å². The number of nitrogens with zero attached hydrogens (tertiary/aromatic N) is 1. The Morgan fingerprint density at radius 3 is 2.56 bits per heavy atom. The number of hydrogen-bond donors (Lipinski definition) is 1. The fourth-order valence-corrected chi connectivity index (χ4v) is 6.35. The minimum Gasteiger partial charge on any atom is -0.493 e. The van der Waals surface area contributed by atoms with E-state index in [0.717, 1.165) is 51.7 Å². The van der Waals surface area contributed by atoms with Crippen LogP contribution in [0.2, 0.25) is 0 Å². The second-order valence-electron chi connectivity index (χ2n) is 9.91. The number of nitrogens with one attached hydrogen (secondary N) is 1. The van der Waals surface area contributed by atoms with E-state index in [9.17, 15) is 4.79 Å². The van der Waals surface area contributed by atoms with Crippen LogP contribution in [0.3, 0.4) is 0 Å². The first-order valence-corrected chi connectivity index (χ1v) is 12.8. The third-order valence-corrected chi connectivity index (χ3v) is 8.06. The van der Waals surface area contributed by atoms with Gasteiger partial charge in [-0.2, -0.15) is 0 Å². The molecule has 39 heavy (non-hydrogen) atoms. The average molecular weight is 529 g/mol. The molecule has 4 aromatic rings. The SMILES string of the molecule is COc1ccc2c(c1OC)C(=O)O[C@@H]2[C@H]1c2c(c(-c3ccc4[nH]ccc4c3)c3c(c2OC)OCO3)CCN1C. The number of aromatic nitrogens is 1. The summed E-state index contributed by atoms with van der Waals surface area (Å²) >= 11 is 0. The smallest absolute Gasteiger partial charge is 0.343 e. The second-order valence-corrected chi connectivity index (χ2v) is 9.91. The summed E-state index contributed by atoms with van der Waals surface area (Å²) in [5, 5.41) is 1.11. The lowest BCUT2D eigenvalue weighted by Crippen LogP contribution is -2.36. The maximum atomic E-state index is 13.3. The molecule has 0 radical (unpaired) electrons. The topological polar surface area (TPSA) is 91.5 Å². The van der Waals surface area contributed by atoms with Gasteiger partial charge in [-0.05, 0) is 54.2 Å². The minimum absolute atomic E-state index is 0.104. The Morgan fingerprint density at radius 2 is 1.77 bits per heavy atom. The van der Waals surface area contributed by atoms with Gasteiger partial charge in [0.05, 0.1) is 27.4 Å². The van der Waals surface area contributed by atoms with Crippen LogP contribution in [0, 0.1) is 0 Å². The van der Waals surface area contributed by atoms with E-state index < -0.39 is 12.1 Å². The summed E-state index contributed by atoms with van der Waals surface area (Å²) in [5.74, 6) is 2.26. The van der Waals surface area contributed by atoms with Gasteiger partial charge in [-0.3, -0.25) is 4.90 Å². The zero-order valence-corrected chi connectivity index (χ0v) is 22.1. The third-order valence-electron chi connectivity index (χ3n) is 8.06. The van der Waals surface area contributed by atoms with Crippen molar-refractivity contribution in [1.82, 2.24) is 9.88 Å². The first kappa shape index (κ1) is 23.7. The number of H-pyrrole nitrogens is 1. The van der Waals surface area contributed by atoms with Gasteiger partial charge in [-0.15, -0.1) is 0 Å². The standard InChI is InChI=1S/C30H28N2O7/c1-32-12-10-17-21(16-5-7-19-15(13-16)9-11-31-19)28-29(38-14-37-28)27(36-4)22(17)24(32)25-18-6-8-20(34-2)26(35-3)23(18)30(33)39-25/h5-9,11,13,24-25,31H,10,12,14H2,1-4H3/t24-,25+/m1/s1. The molecule has 0 bridgehead atoms. The molecule has 7 rings (SSSR count). The van der Waals surface area contributed by atoms with E-state index in [1.807, 2.05) is 25.4 Å². The maximum absolute atomic E-state index is 13.3. The minimum atomic E-state index is -0.592. The number of likely N-dealkylation sites (N-methyl/N-ethyl adjacent to an activating group) is 1. The van der Waals surface area contributed by atoms with Crippen molar-refractivity contribution in [3.63, 3.8) is 0 Å². The highest BCUT2D eigenvalue weighted by Crippen LogP contribution is 2.59. The average Bonchev–Trinajstić information content (AvgIpc) is 3.70. The first-order chi connectivity index (χ1) is 19.0. The fraction of sp³-hybridized carbons (Fsp3) is 0.300. The van der Waals surface area contributed by atoms with E-state index >= 15 is 0 Å². The molecule has 0 saturated carbocycles. The summed E-state index contributed by atoms with van der Waals surface area (Å²) < 4.78 is 35.2. The van der Waals surface area contributed by atoms with Crippen molar-refractivity contribution < 1.29 is 33.2 Å². The Morgan fingerprint density at radius 1 is 0.949 bits per heavy atom. The molecular formula is C30H28N2O7. The number of ether oxygens (including phenoxy) is 6. The van der Waals surface area contributed by atoms with Gasteiger partial charge in [0.25, 0.3) is 0 Å². The molecule has 0 fully saturated rings. The summed E-state index contributed by atoms with van der Waals surface area (Å²) in [6.07, 6.45) is 2.10. The Bertz CT molecular complexity index is 1640. The quantitative estimate of drug-likeness (QED) is 0.361. The van der Waals surface area contributed by atoms with Crippen molar-refractivity contribution in [2.45, 2.75) is 18.6 Å². The zero-order chi connectivity index (χ0) is 26.8. The summed E-state index contributed by atoms with van der Waals surface area (Å²) in [6, 6.07) is 11.7. The van der Waals surface area contributed by atoms with Crippen LogP contribution in [0.5, 0.6) is 28.7 Å². The molecule has 0 aliphatic carbocycles. The molecule has 4 heterocycles. The zero-order valence-electron chi connectivity index (χ0n) is 22.1. The normalized spacial score (nSPS) is 19.5. The van der Waals surface area contributed by atoms with E-state index in [0.29, 0.717) is 34.3 Å². The summed E-state index contributed by atoms with van der Waals surface area (Å²) in [6.45, 7) is 0.850. The number of carbonyl (C=O) groups excluding carboxylic acids is 1. The molecule has 3 aromatic carbocycles. The molecule has 9 nitrogen and oxygen atoms in total. The van der Waals surface area contributed by atoms with E-state index in [1.54, 1.807) is 14.2 Å². The Hall–Kier alpha value is -4.37. The van der Waals surface area contributed by atoms with Gasteiger partial charge in [-0.25, -0.2) is 4.79 Å². The van der Waals surface area contributed by atoms with Gasteiger partial charge in [-0.1, -0.05) is 12.1 Å². The Balaban J connectivity index is 1.47. The predicted octanol–water partition coefficient (Wildman–Crippen LogP) is 5.03. The number of hydrogen-bond acceptors (Lipinski definition) is 8. The maximum Gasteiger partial charge on any atom is 0.343 e. The lowest BCUT2D eigenvalue weighted by molar-refractivity contribution is 0.00877. The van der Waals surface area contributed by atoms with E-state index in [1.165, 1.54) is 7.11 Å². The largest absolute Gasteiger partial charge is 0.493 e. The molecular weight excluding hydrogens is 500 g/mol. The van der Waals surface area contributed by atoms with Crippen LogP contribution in [-0.4, -0.2) is 57.6 Å². The molecule has 200 valence electrons. The van der Waals surface area contributed by atoms with Crippen molar-refractivity contribution >= 4 is 16.9 Å². The number of esters is 1. The first-order valence-electron chi connectivity index (χ1n) is 12.8. The number of methoxy groups -OCH3 is 3. The Kier molecular flexibility index (Phi) is 5.38. The van der Waals surface area contributed by atoms with Crippen molar-refractivity contribution in [3.05, 3.63) is 64.8 Å². The van der Waals surface area contributed by atoms with Crippen LogP contribution >= 0.6 is 0 Å². The number of cyclic esters (lactones) is 1. The van der Waals surface area contributed by atoms with Crippen molar-refractivity contribution in [2.24, 2.45) is 0 Å². The molecule has 0 amide bonds. The number of carbonyl (C=O) groups is 1. The molecule has 1 aromatic heterocycles. The predicted molar refractivity (Wildman–Crippen MR) is 143 cm³/mol. The fourth-order valence-electron chi connectivity index (χ4n) is 6.35. The monoisotopic (exact) mass is 528 g/mol. The molecule has 9 heteroatoms. The lowest BCUT2D eigenvalue weighted by Gasteiger charge is -2.39.